The van der Waals surface area contributed by atoms with Crippen molar-refractivity contribution in [1.82, 2.24) is 0 Å². The molecule has 7 heteroatoms. The second-order valence-electron chi connectivity index (χ2n) is 2.22. The molecule has 1 aromatic rings. The molecule has 1 heterocycles. The number of carbonyl (C=O) groups excluding carboxylic acids is 2. The lowest BCUT2D eigenvalue weighted by molar-refractivity contribution is 0.0443. The Morgan fingerprint density at radius 1 is 0.733 bits per heavy atom. The van der Waals surface area contributed by atoms with Gasteiger partial charge in [-0.25, -0.2) is 9.59 Å². The molecule has 0 aliphatic carbocycles. The Morgan fingerprint density at radius 2 is 1.07 bits per heavy atom. The van der Waals surface area contributed by atoms with Gasteiger partial charge >= 0.3 is 11.9 Å². The van der Waals surface area contributed by atoms with Crippen LogP contribution in [0, 0.1) is 0 Å². The lowest BCUT2D eigenvalue weighted by Crippen LogP contribution is -1.96. The van der Waals surface area contributed by atoms with Crippen molar-refractivity contribution < 1.29 is 36.2 Å². The molecule has 0 unspecified atom stereocenters. The maximum atomic E-state index is 10.8. The zero-order valence-corrected chi connectivity index (χ0v) is 7.53. The lowest BCUT2D eigenvalue weighted by Gasteiger charge is -1.86. The highest BCUT2D eigenvalue weighted by atomic mass is 16.6. The van der Waals surface area contributed by atoms with Crippen molar-refractivity contribution in [2.45, 2.75) is 0 Å². The Kier molecular flexibility index (Phi) is 8.34. The lowest BCUT2D eigenvalue weighted by atomic mass is 10.1. The highest BCUT2D eigenvalue weighted by molar-refractivity contribution is 6.14. The smallest absolute Gasteiger partial charge is 0.346 e. The third-order valence-electron chi connectivity index (χ3n) is 1.55. The van der Waals surface area contributed by atoms with Gasteiger partial charge in [0.1, 0.15) is 0 Å². The van der Waals surface area contributed by atoms with Crippen molar-refractivity contribution in [2.24, 2.45) is 0 Å². The normalized spacial score (nSPS) is 10.7. The van der Waals surface area contributed by atoms with Gasteiger partial charge in [0.15, 0.2) is 0 Å². The molecule has 0 fully saturated rings. The molecule has 0 bridgehead atoms. The van der Waals surface area contributed by atoms with E-state index in [9.17, 15) is 9.59 Å². The quantitative estimate of drug-likeness (QED) is 0.354. The molecule has 15 heavy (non-hydrogen) atoms. The molecule has 0 amide bonds. The molecule has 1 aliphatic rings. The monoisotopic (exact) mass is 220 g/mol. The topological polar surface area (TPSA) is 169 Å². The van der Waals surface area contributed by atoms with Crippen molar-refractivity contribution in [2.75, 3.05) is 0 Å². The van der Waals surface area contributed by atoms with Crippen LogP contribution in [0.4, 0.5) is 0 Å². The number of rotatable bonds is 0. The SMILES string of the molecule is O.O.O.O.O=C1OC(=O)c2ccccc21. The Bertz CT molecular complexity index is 314. The molecule has 0 spiro atoms. The van der Waals surface area contributed by atoms with Crippen LogP contribution in [0.3, 0.4) is 0 Å². The molecular weight excluding hydrogens is 208 g/mol. The van der Waals surface area contributed by atoms with Crippen LogP contribution in [-0.2, 0) is 4.74 Å². The van der Waals surface area contributed by atoms with Crippen LogP contribution in [0.2, 0.25) is 0 Å². The van der Waals surface area contributed by atoms with Crippen molar-refractivity contribution in [3.63, 3.8) is 0 Å². The average molecular weight is 220 g/mol. The number of hydrogen-bond acceptors (Lipinski definition) is 3. The van der Waals surface area contributed by atoms with E-state index in [0.29, 0.717) is 11.1 Å². The van der Waals surface area contributed by atoms with E-state index in [1.807, 2.05) is 0 Å². The average Bonchev–Trinajstić information content (AvgIpc) is 2.30. The third-order valence-corrected chi connectivity index (χ3v) is 1.55. The van der Waals surface area contributed by atoms with E-state index in [2.05, 4.69) is 4.74 Å². The fraction of sp³-hybridized carbons (Fsp3) is 0. The van der Waals surface area contributed by atoms with Crippen molar-refractivity contribution >= 4 is 11.9 Å². The summed E-state index contributed by atoms with van der Waals surface area (Å²) in [5.74, 6) is -1.10. The van der Waals surface area contributed by atoms with Gasteiger partial charge in [-0.3, -0.25) is 0 Å². The van der Waals surface area contributed by atoms with Crippen molar-refractivity contribution in [3.8, 4) is 0 Å². The van der Waals surface area contributed by atoms with E-state index in [0.717, 1.165) is 0 Å². The van der Waals surface area contributed by atoms with E-state index in [-0.39, 0.29) is 21.9 Å². The highest BCUT2D eigenvalue weighted by Crippen LogP contribution is 2.18. The first-order chi connectivity index (χ1) is 5.29. The zero-order chi connectivity index (χ0) is 7.84. The summed E-state index contributed by atoms with van der Waals surface area (Å²) in [6, 6.07) is 6.53. The van der Waals surface area contributed by atoms with Crippen LogP contribution >= 0.6 is 0 Å². The predicted molar refractivity (Wildman–Crippen MR) is 50.6 cm³/mol. The van der Waals surface area contributed by atoms with Crippen LogP contribution in [0.25, 0.3) is 0 Å². The van der Waals surface area contributed by atoms with Gasteiger partial charge in [-0.05, 0) is 12.1 Å². The van der Waals surface area contributed by atoms with Gasteiger partial charge in [0.2, 0.25) is 0 Å². The van der Waals surface area contributed by atoms with Crippen LogP contribution in [0.1, 0.15) is 20.7 Å². The van der Waals surface area contributed by atoms with Gasteiger partial charge < -0.3 is 26.6 Å². The third kappa shape index (κ3) is 2.82. The van der Waals surface area contributed by atoms with E-state index in [1.54, 1.807) is 24.3 Å². The minimum Gasteiger partial charge on any atom is -0.412 e. The second kappa shape index (κ2) is 6.62. The first-order valence-corrected chi connectivity index (χ1v) is 3.14. The largest absolute Gasteiger partial charge is 0.412 e. The number of benzene rings is 1. The van der Waals surface area contributed by atoms with E-state index in [4.69, 9.17) is 0 Å². The molecular formula is C8H12O7. The number of carbonyl (C=O) groups is 2. The fourth-order valence-electron chi connectivity index (χ4n) is 1.03. The van der Waals surface area contributed by atoms with Crippen molar-refractivity contribution in [1.29, 1.82) is 0 Å². The Hall–Kier alpha value is -1.80. The highest BCUT2D eigenvalue weighted by Gasteiger charge is 2.28. The molecule has 2 rings (SSSR count). The van der Waals surface area contributed by atoms with Gasteiger partial charge in [0.25, 0.3) is 0 Å². The molecule has 0 aromatic heterocycles. The molecule has 0 saturated heterocycles. The summed E-state index contributed by atoms with van der Waals surface area (Å²) in [5.41, 5.74) is 0.718. The van der Waals surface area contributed by atoms with Gasteiger partial charge in [0.05, 0.1) is 11.1 Å². The van der Waals surface area contributed by atoms with Gasteiger partial charge in [0, 0.05) is 0 Å². The number of esters is 2. The Balaban J connectivity index is -0.000000360. The summed E-state index contributed by atoms with van der Waals surface area (Å²) >= 11 is 0. The predicted octanol–water partition coefficient (Wildman–Crippen LogP) is -2.30. The van der Waals surface area contributed by atoms with Gasteiger partial charge in [-0.2, -0.15) is 0 Å². The molecule has 0 atom stereocenters. The first-order valence-electron chi connectivity index (χ1n) is 3.14. The van der Waals surface area contributed by atoms with E-state index in [1.165, 1.54) is 0 Å². The molecule has 0 radical (unpaired) electrons. The molecule has 0 saturated carbocycles. The number of fused-ring (bicyclic) bond motifs is 1. The van der Waals surface area contributed by atoms with Crippen LogP contribution in [0.5, 0.6) is 0 Å². The minimum atomic E-state index is -0.550. The van der Waals surface area contributed by atoms with Gasteiger partial charge in [-0.1, -0.05) is 12.1 Å². The summed E-state index contributed by atoms with van der Waals surface area (Å²) in [4.78, 5) is 21.7. The maximum Gasteiger partial charge on any atom is 0.346 e. The fourth-order valence-corrected chi connectivity index (χ4v) is 1.03. The molecule has 8 N–H and O–H groups in total. The summed E-state index contributed by atoms with van der Waals surface area (Å²) < 4.78 is 4.35. The van der Waals surface area contributed by atoms with Crippen molar-refractivity contribution in [3.05, 3.63) is 35.4 Å². The summed E-state index contributed by atoms with van der Waals surface area (Å²) in [5, 5.41) is 0. The van der Waals surface area contributed by atoms with Gasteiger partial charge in [-0.15, -0.1) is 0 Å². The Morgan fingerprint density at radius 3 is 1.40 bits per heavy atom. The summed E-state index contributed by atoms with van der Waals surface area (Å²) in [6.45, 7) is 0. The molecule has 1 aromatic carbocycles. The standard InChI is InChI=1S/C8H4O3.4H2O/c9-7-5-3-1-2-4-6(5)8(10)11-7;;;;/h1-4H;4*1H2. The summed E-state index contributed by atoms with van der Waals surface area (Å²) in [7, 11) is 0. The minimum absolute atomic E-state index is 0. The first kappa shape index (κ1) is 18.9. The second-order valence-corrected chi connectivity index (χ2v) is 2.22. The van der Waals surface area contributed by atoms with Crippen LogP contribution in [0.15, 0.2) is 24.3 Å². The number of ether oxygens (including phenoxy) is 1. The molecule has 1 aliphatic heterocycles. The van der Waals surface area contributed by atoms with E-state index >= 15 is 0 Å². The summed E-state index contributed by atoms with van der Waals surface area (Å²) in [6.07, 6.45) is 0. The molecule has 7 nitrogen and oxygen atoms in total. The van der Waals surface area contributed by atoms with Crippen LogP contribution < -0.4 is 0 Å². The van der Waals surface area contributed by atoms with Crippen LogP contribution in [-0.4, -0.2) is 33.8 Å². The maximum absolute atomic E-state index is 10.8. The Labute approximate surface area is 84.5 Å². The number of hydrogen-bond donors (Lipinski definition) is 0. The number of cyclic esters (lactones) is 2. The zero-order valence-electron chi connectivity index (χ0n) is 7.53. The van der Waals surface area contributed by atoms with E-state index < -0.39 is 11.9 Å². The molecule has 86 valence electrons.